The average Bonchev–Trinajstić information content (AvgIpc) is 3.42. The van der Waals surface area contributed by atoms with Crippen LogP contribution < -0.4 is 10.2 Å². The number of nitrogens with one attached hydrogen (secondary N) is 1. The van der Waals surface area contributed by atoms with Crippen molar-refractivity contribution in [2.24, 2.45) is 0 Å². The number of rotatable bonds is 3. The molecule has 3 aromatic heterocycles. The fourth-order valence-electron chi connectivity index (χ4n) is 4.40. The number of thiophene rings is 1. The van der Waals surface area contributed by atoms with Crippen LogP contribution in [0, 0.1) is 0 Å². The van der Waals surface area contributed by atoms with Crippen LogP contribution in [-0.2, 0) is 24.1 Å². The van der Waals surface area contributed by atoms with Crippen molar-refractivity contribution in [1.29, 1.82) is 0 Å². The Kier molecular flexibility index (Phi) is 3.86. The number of pyridine rings is 1. The Morgan fingerprint density at radius 2 is 2.10 bits per heavy atom. The standard InChI is InChI=1S/C23H19N5OS/c1-28-17-8-7-15(10-14(17)11-19(28)29)25-22-20-16-5-2-6-18(16)30-23(20)27-21(26-22)13-4-3-9-24-12-13/h3-4,7-10,12H,2,5-6,11H2,1H3,(H,25,26,27). The van der Waals surface area contributed by atoms with Crippen molar-refractivity contribution in [3.63, 3.8) is 0 Å². The molecule has 0 spiro atoms. The van der Waals surface area contributed by atoms with E-state index >= 15 is 0 Å². The fraction of sp³-hybridized carbons (Fsp3) is 0.217. The second kappa shape index (κ2) is 6.60. The lowest BCUT2D eigenvalue weighted by atomic mass is 10.1. The summed E-state index contributed by atoms with van der Waals surface area (Å²) in [6.07, 6.45) is 7.37. The number of aryl methyl sites for hydroxylation is 2. The number of carbonyl (C=O) groups is 1. The number of hydrogen-bond acceptors (Lipinski definition) is 6. The van der Waals surface area contributed by atoms with Gasteiger partial charge in [0.05, 0.1) is 11.8 Å². The number of nitrogens with zero attached hydrogens (tertiary/aromatic N) is 4. The van der Waals surface area contributed by atoms with E-state index in [-0.39, 0.29) is 5.91 Å². The highest BCUT2D eigenvalue weighted by molar-refractivity contribution is 7.19. The van der Waals surface area contributed by atoms with Gasteiger partial charge < -0.3 is 10.2 Å². The van der Waals surface area contributed by atoms with Gasteiger partial charge in [0, 0.05) is 41.3 Å². The van der Waals surface area contributed by atoms with Gasteiger partial charge >= 0.3 is 0 Å². The molecule has 4 aromatic rings. The van der Waals surface area contributed by atoms with Gasteiger partial charge in [0.15, 0.2) is 5.82 Å². The molecule has 2 aliphatic rings. The van der Waals surface area contributed by atoms with Crippen LogP contribution in [0.2, 0.25) is 0 Å². The first-order chi connectivity index (χ1) is 14.7. The van der Waals surface area contributed by atoms with Gasteiger partial charge in [0.1, 0.15) is 10.6 Å². The van der Waals surface area contributed by atoms with E-state index in [0.717, 1.165) is 51.4 Å². The highest BCUT2D eigenvalue weighted by atomic mass is 32.1. The fourth-order valence-corrected chi connectivity index (χ4v) is 5.66. The number of benzene rings is 1. The molecular formula is C23H19N5OS. The van der Waals surface area contributed by atoms with Crippen molar-refractivity contribution < 1.29 is 4.79 Å². The van der Waals surface area contributed by atoms with Gasteiger partial charge in [-0.2, -0.15) is 0 Å². The van der Waals surface area contributed by atoms with Gasteiger partial charge in [-0.3, -0.25) is 9.78 Å². The normalized spacial score (nSPS) is 15.0. The van der Waals surface area contributed by atoms with Crippen LogP contribution in [0.4, 0.5) is 17.2 Å². The van der Waals surface area contributed by atoms with Crippen LogP contribution in [-0.4, -0.2) is 27.9 Å². The molecule has 0 atom stereocenters. The van der Waals surface area contributed by atoms with Gasteiger partial charge in [-0.25, -0.2) is 9.97 Å². The van der Waals surface area contributed by atoms with E-state index in [0.29, 0.717) is 12.2 Å². The smallest absolute Gasteiger partial charge is 0.231 e. The summed E-state index contributed by atoms with van der Waals surface area (Å²) in [6.45, 7) is 0. The third-order valence-corrected chi connectivity index (χ3v) is 7.09. The molecule has 0 unspecified atom stereocenters. The van der Waals surface area contributed by atoms with Gasteiger partial charge in [-0.05, 0) is 60.7 Å². The molecule has 30 heavy (non-hydrogen) atoms. The predicted octanol–water partition coefficient (Wildman–Crippen LogP) is 4.50. The Labute approximate surface area is 177 Å². The third-order valence-electron chi connectivity index (χ3n) is 5.90. The van der Waals surface area contributed by atoms with Crippen LogP contribution in [0.3, 0.4) is 0 Å². The van der Waals surface area contributed by atoms with Crippen LogP contribution >= 0.6 is 11.3 Å². The SMILES string of the molecule is CN1C(=O)Cc2cc(Nc3nc(-c4cccnc4)nc4sc5c(c34)CCC5)ccc21. The Hall–Kier alpha value is -3.32. The van der Waals surface area contributed by atoms with Crippen LogP contribution in [0.1, 0.15) is 22.4 Å². The lowest BCUT2D eigenvalue weighted by molar-refractivity contribution is -0.117. The Morgan fingerprint density at radius 1 is 1.17 bits per heavy atom. The molecule has 1 aliphatic carbocycles. The Morgan fingerprint density at radius 3 is 2.97 bits per heavy atom. The van der Waals surface area contributed by atoms with Gasteiger partial charge in [-0.1, -0.05) is 0 Å². The minimum Gasteiger partial charge on any atom is -0.340 e. The first-order valence-electron chi connectivity index (χ1n) is 10.1. The van der Waals surface area contributed by atoms with Crippen molar-refractivity contribution in [3.05, 3.63) is 58.7 Å². The lowest BCUT2D eigenvalue weighted by Crippen LogP contribution is -2.20. The van der Waals surface area contributed by atoms with Gasteiger partial charge in [0.2, 0.25) is 5.91 Å². The summed E-state index contributed by atoms with van der Waals surface area (Å²) in [6, 6.07) is 9.95. The van der Waals surface area contributed by atoms with Crippen molar-refractivity contribution in [1.82, 2.24) is 15.0 Å². The molecule has 0 fully saturated rings. The molecule has 148 valence electrons. The zero-order chi connectivity index (χ0) is 20.2. The van der Waals surface area contributed by atoms with Crippen molar-refractivity contribution in [3.8, 4) is 11.4 Å². The zero-order valence-corrected chi connectivity index (χ0v) is 17.3. The number of fused-ring (bicyclic) bond motifs is 4. The predicted molar refractivity (Wildman–Crippen MR) is 120 cm³/mol. The van der Waals surface area contributed by atoms with Gasteiger partial charge in [-0.15, -0.1) is 11.3 Å². The topological polar surface area (TPSA) is 71.0 Å². The van der Waals surface area contributed by atoms with E-state index in [1.165, 1.54) is 16.9 Å². The second-order valence-electron chi connectivity index (χ2n) is 7.77. The van der Waals surface area contributed by atoms with E-state index in [1.807, 2.05) is 31.3 Å². The van der Waals surface area contributed by atoms with Gasteiger partial charge in [0.25, 0.3) is 0 Å². The number of carbonyl (C=O) groups excluding carboxylic acids is 1. The van der Waals surface area contributed by atoms with Crippen molar-refractivity contribution in [2.45, 2.75) is 25.7 Å². The summed E-state index contributed by atoms with van der Waals surface area (Å²) in [4.78, 5) is 30.2. The van der Waals surface area contributed by atoms with Crippen LogP contribution in [0.5, 0.6) is 0 Å². The molecule has 7 heteroatoms. The molecule has 0 bridgehead atoms. The highest BCUT2D eigenvalue weighted by Gasteiger charge is 2.25. The summed E-state index contributed by atoms with van der Waals surface area (Å²) in [5.41, 5.74) is 5.24. The van der Waals surface area contributed by atoms with Crippen LogP contribution in [0.15, 0.2) is 42.7 Å². The first-order valence-corrected chi connectivity index (χ1v) is 10.9. The molecule has 1 aliphatic heterocycles. The average molecular weight is 414 g/mol. The summed E-state index contributed by atoms with van der Waals surface area (Å²) in [5, 5.41) is 4.67. The van der Waals surface area contributed by atoms with Crippen molar-refractivity contribution >= 4 is 44.7 Å². The van der Waals surface area contributed by atoms with Crippen LogP contribution in [0.25, 0.3) is 21.6 Å². The molecule has 1 aromatic carbocycles. The maximum atomic E-state index is 12.1. The lowest BCUT2D eigenvalue weighted by Gasteiger charge is -2.13. The monoisotopic (exact) mass is 413 g/mol. The number of aromatic nitrogens is 3. The molecule has 0 radical (unpaired) electrons. The molecular weight excluding hydrogens is 394 g/mol. The zero-order valence-electron chi connectivity index (χ0n) is 16.5. The summed E-state index contributed by atoms with van der Waals surface area (Å²) in [7, 11) is 1.82. The summed E-state index contributed by atoms with van der Waals surface area (Å²) >= 11 is 1.78. The molecule has 4 heterocycles. The third kappa shape index (κ3) is 2.69. The molecule has 1 N–H and O–H groups in total. The molecule has 1 amide bonds. The number of hydrogen-bond donors (Lipinski definition) is 1. The van der Waals surface area contributed by atoms with Crippen molar-refractivity contribution in [2.75, 3.05) is 17.3 Å². The summed E-state index contributed by atoms with van der Waals surface area (Å²) < 4.78 is 0. The number of amides is 1. The van der Waals surface area contributed by atoms with E-state index < -0.39 is 0 Å². The highest BCUT2D eigenvalue weighted by Crippen LogP contribution is 2.41. The quantitative estimate of drug-likeness (QED) is 0.535. The molecule has 6 nitrogen and oxygen atoms in total. The number of likely N-dealkylation sites (N-methyl/N-ethyl adjacent to an activating group) is 1. The Balaban J connectivity index is 1.48. The maximum Gasteiger partial charge on any atom is 0.231 e. The Bertz CT molecular complexity index is 1310. The minimum absolute atomic E-state index is 0.126. The molecule has 0 saturated carbocycles. The molecule has 0 saturated heterocycles. The van der Waals surface area contributed by atoms with E-state index in [2.05, 4.69) is 16.4 Å². The second-order valence-corrected chi connectivity index (χ2v) is 8.86. The minimum atomic E-state index is 0.126. The molecule has 6 rings (SSSR count). The van der Waals surface area contributed by atoms with E-state index in [9.17, 15) is 4.79 Å². The summed E-state index contributed by atoms with van der Waals surface area (Å²) in [5.74, 6) is 1.63. The number of anilines is 3. The van der Waals surface area contributed by atoms with E-state index in [1.54, 1.807) is 28.6 Å². The largest absolute Gasteiger partial charge is 0.340 e. The maximum absolute atomic E-state index is 12.1. The first kappa shape index (κ1) is 17.5. The van der Waals surface area contributed by atoms with E-state index in [4.69, 9.17) is 9.97 Å².